The van der Waals surface area contributed by atoms with Gasteiger partial charge in [-0.15, -0.1) is 0 Å². The number of carboxylic acid groups (broad SMARTS) is 1. The van der Waals surface area contributed by atoms with Crippen LogP contribution in [0.1, 0.15) is 31.7 Å². The lowest BCUT2D eigenvalue weighted by Crippen LogP contribution is -2.57. The molecule has 5 heteroatoms. The van der Waals surface area contributed by atoms with Crippen LogP contribution in [0, 0.1) is 0 Å². The molecule has 1 atom stereocenters. The summed E-state index contributed by atoms with van der Waals surface area (Å²) in [5, 5.41) is 9.42. The van der Waals surface area contributed by atoms with Crippen molar-refractivity contribution in [1.82, 2.24) is 4.90 Å². The van der Waals surface area contributed by atoms with Crippen molar-refractivity contribution in [2.24, 2.45) is 0 Å². The largest absolute Gasteiger partial charge is 0.480 e. The number of likely N-dealkylation sites (tertiary alicyclic amines) is 1. The lowest BCUT2D eigenvalue weighted by Gasteiger charge is -2.41. The zero-order valence-electron chi connectivity index (χ0n) is 11.9. The van der Waals surface area contributed by atoms with E-state index in [2.05, 4.69) is 15.9 Å². The Labute approximate surface area is 132 Å². The van der Waals surface area contributed by atoms with E-state index in [9.17, 15) is 14.7 Å². The first-order valence-electron chi connectivity index (χ1n) is 6.93. The van der Waals surface area contributed by atoms with Crippen molar-refractivity contribution in [2.45, 2.75) is 31.7 Å². The number of benzene rings is 1. The summed E-state index contributed by atoms with van der Waals surface area (Å²) in [5.41, 5.74) is -0.215. The van der Waals surface area contributed by atoms with Crippen LogP contribution in [0.2, 0.25) is 0 Å². The van der Waals surface area contributed by atoms with Crippen LogP contribution in [0.5, 0.6) is 0 Å². The lowest BCUT2D eigenvalue weighted by atomic mass is 9.88. The molecule has 1 aromatic rings. The Hall–Kier alpha value is -1.62. The number of hydrogen-bond donors (Lipinski definition) is 1. The van der Waals surface area contributed by atoms with Crippen LogP contribution in [0.25, 0.3) is 6.08 Å². The van der Waals surface area contributed by atoms with Gasteiger partial charge in [0.2, 0.25) is 5.91 Å². The average Bonchev–Trinajstić information content (AvgIpc) is 2.46. The van der Waals surface area contributed by atoms with Crippen molar-refractivity contribution in [2.75, 3.05) is 6.54 Å². The Morgan fingerprint density at radius 1 is 1.33 bits per heavy atom. The summed E-state index contributed by atoms with van der Waals surface area (Å²) in [6, 6.07) is 7.57. The van der Waals surface area contributed by atoms with E-state index in [1.807, 2.05) is 24.3 Å². The second-order valence-corrected chi connectivity index (χ2v) is 6.24. The standard InChI is InChI=1S/C16H18BrNO3/c1-16(15(20)21)10-4-5-11-18(16)14(19)9-8-12-6-2-3-7-13(12)17/h2-3,6-9H,4-5,10-11H2,1H3,(H,20,21)/b9-8+. The van der Waals surface area contributed by atoms with Gasteiger partial charge in [-0.3, -0.25) is 4.79 Å². The molecule has 1 amide bonds. The van der Waals surface area contributed by atoms with E-state index in [0.717, 1.165) is 22.9 Å². The van der Waals surface area contributed by atoms with Crippen LogP contribution in [0.3, 0.4) is 0 Å². The third kappa shape index (κ3) is 3.35. The Balaban J connectivity index is 2.19. The molecule has 0 spiro atoms. The fourth-order valence-electron chi connectivity index (χ4n) is 2.56. The molecular weight excluding hydrogens is 334 g/mol. The molecule has 2 rings (SSSR count). The van der Waals surface area contributed by atoms with Crippen LogP contribution in [0.4, 0.5) is 0 Å². The number of aliphatic carboxylic acids is 1. The van der Waals surface area contributed by atoms with Gasteiger partial charge in [0.15, 0.2) is 0 Å². The number of hydrogen-bond acceptors (Lipinski definition) is 2. The Morgan fingerprint density at radius 2 is 2.05 bits per heavy atom. The predicted molar refractivity (Wildman–Crippen MR) is 84.8 cm³/mol. The van der Waals surface area contributed by atoms with Crippen LogP contribution in [-0.2, 0) is 9.59 Å². The molecule has 0 saturated carbocycles. The predicted octanol–water partition coefficient (Wildman–Crippen LogP) is 3.32. The summed E-state index contributed by atoms with van der Waals surface area (Å²) in [5.74, 6) is -1.19. The van der Waals surface area contributed by atoms with Crippen molar-refractivity contribution in [3.8, 4) is 0 Å². The second-order valence-electron chi connectivity index (χ2n) is 5.38. The number of halogens is 1. The zero-order valence-corrected chi connectivity index (χ0v) is 13.5. The minimum atomic E-state index is -1.10. The van der Waals surface area contributed by atoms with Gasteiger partial charge >= 0.3 is 5.97 Å². The number of carbonyl (C=O) groups is 2. The van der Waals surface area contributed by atoms with Gasteiger partial charge in [0.05, 0.1) is 0 Å². The number of amides is 1. The lowest BCUT2D eigenvalue weighted by molar-refractivity contribution is -0.158. The van der Waals surface area contributed by atoms with Gasteiger partial charge < -0.3 is 10.0 Å². The molecule has 1 aliphatic rings. The fraction of sp³-hybridized carbons (Fsp3) is 0.375. The molecule has 1 fully saturated rings. The van der Waals surface area contributed by atoms with E-state index in [0.29, 0.717) is 13.0 Å². The Bertz CT molecular complexity index is 585. The fourth-order valence-corrected chi connectivity index (χ4v) is 2.97. The topological polar surface area (TPSA) is 57.6 Å². The third-order valence-corrected chi connectivity index (χ3v) is 4.65. The number of carboxylic acids is 1. The molecule has 1 saturated heterocycles. The van der Waals surface area contributed by atoms with Gasteiger partial charge in [-0.05, 0) is 43.9 Å². The molecule has 1 aliphatic heterocycles. The molecule has 1 N–H and O–H groups in total. The van der Waals surface area contributed by atoms with Gasteiger partial charge in [0.25, 0.3) is 0 Å². The van der Waals surface area contributed by atoms with Crippen LogP contribution in [-0.4, -0.2) is 34.0 Å². The smallest absolute Gasteiger partial charge is 0.329 e. The molecular formula is C16H18BrNO3. The Morgan fingerprint density at radius 3 is 2.71 bits per heavy atom. The summed E-state index contributed by atoms with van der Waals surface area (Å²) in [7, 11) is 0. The van der Waals surface area contributed by atoms with Crippen molar-refractivity contribution < 1.29 is 14.7 Å². The zero-order chi connectivity index (χ0) is 15.5. The van der Waals surface area contributed by atoms with Gasteiger partial charge in [-0.2, -0.15) is 0 Å². The monoisotopic (exact) mass is 351 g/mol. The Kier molecular flexibility index (Phi) is 4.83. The SMILES string of the molecule is CC1(C(=O)O)CCCCN1C(=O)/C=C/c1ccccc1Br. The number of rotatable bonds is 3. The maximum absolute atomic E-state index is 12.4. The number of piperidine rings is 1. The highest BCUT2D eigenvalue weighted by molar-refractivity contribution is 9.10. The minimum Gasteiger partial charge on any atom is -0.480 e. The van der Waals surface area contributed by atoms with Crippen LogP contribution >= 0.6 is 15.9 Å². The second kappa shape index (κ2) is 6.43. The molecule has 21 heavy (non-hydrogen) atoms. The molecule has 1 aromatic carbocycles. The first-order chi connectivity index (χ1) is 9.95. The highest BCUT2D eigenvalue weighted by Gasteiger charge is 2.43. The van der Waals surface area contributed by atoms with Crippen molar-refractivity contribution in [3.05, 3.63) is 40.4 Å². The summed E-state index contributed by atoms with van der Waals surface area (Å²) in [6.45, 7) is 2.11. The van der Waals surface area contributed by atoms with Crippen LogP contribution < -0.4 is 0 Å². The highest BCUT2D eigenvalue weighted by atomic mass is 79.9. The quantitative estimate of drug-likeness (QED) is 0.849. The van der Waals surface area contributed by atoms with Crippen molar-refractivity contribution in [3.63, 3.8) is 0 Å². The molecule has 112 valence electrons. The van der Waals surface area contributed by atoms with Gasteiger partial charge in [0.1, 0.15) is 5.54 Å². The molecule has 0 aromatic heterocycles. The molecule has 0 aliphatic carbocycles. The van der Waals surface area contributed by atoms with E-state index in [1.165, 1.54) is 11.0 Å². The van der Waals surface area contributed by atoms with Crippen molar-refractivity contribution >= 4 is 33.9 Å². The molecule has 0 bridgehead atoms. The molecule has 4 nitrogen and oxygen atoms in total. The van der Waals surface area contributed by atoms with Gasteiger partial charge in [-0.25, -0.2) is 4.79 Å². The number of carbonyl (C=O) groups excluding carboxylic acids is 1. The normalized spacial score (nSPS) is 22.5. The third-order valence-electron chi connectivity index (χ3n) is 3.93. The van der Waals surface area contributed by atoms with E-state index >= 15 is 0 Å². The maximum Gasteiger partial charge on any atom is 0.329 e. The highest BCUT2D eigenvalue weighted by Crippen LogP contribution is 2.28. The minimum absolute atomic E-state index is 0.254. The van der Waals surface area contributed by atoms with Gasteiger partial charge in [0, 0.05) is 17.1 Å². The van der Waals surface area contributed by atoms with E-state index < -0.39 is 11.5 Å². The van der Waals surface area contributed by atoms with Crippen molar-refractivity contribution in [1.29, 1.82) is 0 Å². The summed E-state index contributed by atoms with van der Waals surface area (Å²) < 4.78 is 0.897. The van der Waals surface area contributed by atoms with E-state index in [-0.39, 0.29) is 5.91 Å². The first kappa shape index (κ1) is 15.8. The molecule has 0 radical (unpaired) electrons. The average molecular weight is 352 g/mol. The van der Waals surface area contributed by atoms with E-state index in [1.54, 1.807) is 13.0 Å². The molecule has 1 heterocycles. The molecule has 1 unspecified atom stereocenters. The van der Waals surface area contributed by atoms with Crippen LogP contribution in [0.15, 0.2) is 34.8 Å². The number of nitrogens with zero attached hydrogens (tertiary/aromatic N) is 1. The first-order valence-corrected chi connectivity index (χ1v) is 7.72. The summed E-state index contributed by atoms with van der Waals surface area (Å²) >= 11 is 3.42. The van der Waals surface area contributed by atoms with E-state index in [4.69, 9.17) is 0 Å². The summed E-state index contributed by atoms with van der Waals surface area (Å²) in [4.78, 5) is 25.3. The van der Waals surface area contributed by atoms with Gasteiger partial charge in [-0.1, -0.05) is 34.1 Å². The summed E-state index contributed by atoms with van der Waals surface area (Å²) in [6.07, 6.45) is 5.34. The maximum atomic E-state index is 12.4.